The number of rotatable bonds is 2. The Hall–Kier alpha value is -1.27. The van der Waals surface area contributed by atoms with E-state index in [1.807, 2.05) is 0 Å². The Bertz CT molecular complexity index is 590. The number of fused-ring (bicyclic) bond motifs is 1. The van der Waals surface area contributed by atoms with Crippen LogP contribution in [0.15, 0.2) is 22.9 Å². The van der Waals surface area contributed by atoms with Crippen molar-refractivity contribution in [1.82, 2.24) is 9.97 Å². The Morgan fingerprint density at radius 3 is 3.06 bits per heavy atom. The number of pyridine rings is 1. The lowest BCUT2D eigenvalue weighted by Crippen LogP contribution is -2.12. The molecule has 0 bridgehead atoms. The molecule has 18 heavy (non-hydrogen) atoms. The minimum Gasteiger partial charge on any atom is -0.298 e. The van der Waals surface area contributed by atoms with Gasteiger partial charge in [-0.2, -0.15) is 0 Å². The summed E-state index contributed by atoms with van der Waals surface area (Å²) in [4.78, 5) is 21.7. The summed E-state index contributed by atoms with van der Waals surface area (Å²) in [6.07, 6.45) is 6.48. The Labute approximate surface area is 117 Å². The molecule has 1 aliphatic carbocycles. The van der Waals surface area contributed by atoms with Crippen LogP contribution in [0.4, 0.5) is 5.13 Å². The number of carbonyl (C=O) groups excluding carboxylic acids is 1. The molecule has 1 aliphatic rings. The van der Waals surface area contributed by atoms with Crippen molar-refractivity contribution in [2.45, 2.75) is 19.3 Å². The minimum absolute atomic E-state index is 0.170. The highest BCUT2D eigenvalue weighted by Crippen LogP contribution is 2.30. The largest absolute Gasteiger partial charge is 0.298 e. The second-order valence-electron chi connectivity index (χ2n) is 4.09. The van der Waals surface area contributed by atoms with Crippen LogP contribution in [0.1, 0.15) is 27.3 Å². The first kappa shape index (κ1) is 11.8. The van der Waals surface area contributed by atoms with Gasteiger partial charge in [0.1, 0.15) is 0 Å². The van der Waals surface area contributed by atoms with Gasteiger partial charge in [-0.15, -0.1) is 11.3 Å². The number of anilines is 1. The van der Waals surface area contributed by atoms with Gasteiger partial charge in [0.2, 0.25) is 0 Å². The SMILES string of the molecule is O=C(Nc1nc2c(s1)CCC2)c1cncc(Br)c1. The molecule has 0 atom stereocenters. The highest BCUT2D eigenvalue weighted by molar-refractivity contribution is 9.10. The second-order valence-corrected chi connectivity index (χ2v) is 6.09. The van der Waals surface area contributed by atoms with Crippen LogP contribution in [-0.2, 0) is 12.8 Å². The summed E-state index contributed by atoms with van der Waals surface area (Å²) in [6, 6.07) is 1.74. The zero-order valence-electron chi connectivity index (χ0n) is 9.44. The van der Waals surface area contributed by atoms with Gasteiger partial charge < -0.3 is 0 Å². The van der Waals surface area contributed by atoms with Crippen molar-refractivity contribution in [1.29, 1.82) is 0 Å². The molecule has 4 nitrogen and oxygen atoms in total. The van der Waals surface area contributed by atoms with Crippen LogP contribution >= 0.6 is 27.3 Å². The monoisotopic (exact) mass is 323 g/mol. The zero-order chi connectivity index (χ0) is 12.5. The topological polar surface area (TPSA) is 54.9 Å². The molecule has 0 unspecified atom stereocenters. The van der Waals surface area contributed by atoms with Crippen LogP contribution < -0.4 is 5.32 Å². The highest BCUT2D eigenvalue weighted by Gasteiger charge is 2.18. The molecule has 0 aromatic carbocycles. The fraction of sp³-hybridized carbons (Fsp3) is 0.250. The molecule has 0 aliphatic heterocycles. The molecule has 0 fully saturated rings. The summed E-state index contributed by atoms with van der Waals surface area (Å²) in [6.45, 7) is 0. The molecule has 3 rings (SSSR count). The van der Waals surface area contributed by atoms with Gasteiger partial charge in [0.05, 0.1) is 11.3 Å². The van der Waals surface area contributed by atoms with Gasteiger partial charge in [0.15, 0.2) is 5.13 Å². The number of hydrogen-bond acceptors (Lipinski definition) is 4. The highest BCUT2D eigenvalue weighted by atomic mass is 79.9. The first-order chi connectivity index (χ1) is 8.72. The number of nitrogens with one attached hydrogen (secondary N) is 1. The van der Waals surface area contributed by atoms with Gasteiger partial charge in [-0.25, -0.2) is 4.98 Å². The summed E-state index contributed by atoms with van der Waals surface area (Å²) < 4.78 is 0.789. The molecule has 2 heterocycles. The van der Waals surface area contributed by atoms with Gasteiger partial charge in [0.25, 0.3) is 5.91 Å². The third kappa shape index (κ3) is 2.30. The van der Waals surface area contributed by atoms with Gasteiger partial charge in [0, 0.05) is 21.7 Å². The summed E-state index contributed by atoms with van der Waals surface area (Å²) in [5.41, 5.74) is 1.67. The number of halogens is 1. The van der Waals surface area contributed by atoms with Crippen molar-refractivity contribution in [3.63, 3.8) is 0 Å². The van der Waals surface area contributed by atoms with Crippen molar-refractivity contribution in [2.75, 3.05) is 5.32 Å². The molecule has 2 aromatic rings. The quantitative estimate of drug-likeness (QED) is 0.924. The van der Waals surface area contributed by atoms with Crippen molar-refractivity contribution in [3.05, 3.63) is 39.1 Å². The number of amides is 1. The Morgan fingerprint density at radius 1 is 1.39 bits per heavy atom. The zero-order valence-corrected chi connectivity index (χ0v) is 11.8. The van der Waals surface area contributed by atoms with E-state index in [9.17, 15) is 4.79 Å². The first-order valence-corrected chi connectivity index (χ1v) is 7.24. The summed E-state index contributed by atoms with van der Waals surface area (Å²) >= 11 is 4.87. The van der Waals surface area contributed by atoms with Crippen molar-refractivity contribution < 1.29 is 4.79 Å². The maximum atomic E-state index is 12.0. The van der Waals surface area contributed by atoms with Gasteiger partial charge in [-0.3, -0.25) is 15.1 Å². The summed E-state index contributed by atoms with van der Waals surface area (Å²) in [7, 11) is 0. The van der Waals surface area contributed by atoms with Gasteiger partial charge >= 0.3 is 0 Å². The molecule has 92 valence electrons. The third-order valence-corrected chi connectivity index (χ3v) is 4.29. The molecule has 2 aromatic heterocycles. The molecule has 0 spiro atoms. The molecule has 0 saturated heterocycles. The van der Waals surface area contributed by atoms with Crippen LogP contribution in [-0.4, -0.2) is 15.9 Å². The maximum Gasteiger partial charge on any atom is 0.259 e. The van der Waals surface area contributed by atoms with Crippen molar-refractivity contribution in [3.8, 4) is 0 Å². The van der Waals surface area contributed by atoms with Gasteiger partial charge in [-0.1, -0.05) is 0 Å². The fourth-order valence-corrected chi connectivity index (χ4v) is 3.36. The lowest BCUT2D eigenvalue weighted by molar-refractivity contribution is 0.102. The average Bonchev–Trinajstić information content (AvgIpc) is 2.89. The molecule has 1 amide bonds. The lowest BCUT2D eigenvalue weighted by atomic mass is 10.3. The normalized spacial score (nSPS) is 13.4. The molecule has 0 saturated carbocycles. The first-order valence-electron chi connectivity index (χ1n) is 5.63. The number of nitrogens with zero attached hydrogens (tertiary/aromatic N) is 2. The van der Waals surface area contributed by atoms with E-state index in [0.29, 0.717) is 10.7 Å². The number of aryl methyl sites for hydroxylation is 2. The molecular formula is C12H10BrN3OS. The summed E-state index contributed by atoms with van der Waals surface area (Å²) in [5, 5.41) is 3.51. The number of carbonyl (C=O) groups is 1. The Morgan fingerprint density at radius 2 is 2.28 bits per heavy atom. The molecule has 1 N–H and O–H groups in total. The van der Waals surface area contributed by atoms with E-state index in [1.54, 1.807) is 29.8 Å². The Balaban J connectivity index is 1.78. The van der Waals surface area contributed by atoms with Gasteiger partial charge in [-0.05, 0) is 41.3 Å². The summed E-state index contributed by atoms with van der Waals surface area (Å²) in [5.74, 6) is -0.170. The second kappa shape index (κ2) is 4.78. The number of thiazole rings is 1. The minimum atomic E-state index is -0.170. The van der Waals surface area contributed by atoms with Crippen LogP contribution in [0, 0.1) is 0 Å². The fourth-order valence-electron chi connectivity index (χ4n) is 1.95. The van der Waals surface area contributed by atoms with E-state index in [1.165, 1.54) is 11.3 Å². The van der Waals surface area contributed by atoms with Crippen molar-refractivity contribution in [2.24, 2.45) is 0 Å². The number of hydrogen-bond donors (Lipinski definition) is 1. The predicted octanol–water partition coefficient (Wildman–Crippen LogP) is 3.04. The number of aromatic nitrogens is 2. The van der Waals surface area contributed by atoms with E-state index in [2.05, 4.69) is 31.2 Å². The molecular weight excluding hydrogens is 314 g/mol. The smallest absolute Gasteiger partial charge is 0.259 e. The molecule has 6 heteroatoms. The van der Waals surface area contributed by atoms with E-state index < -0.39 is 0 Å². The van der Waals surface area contributed by atoms with Crippen molar-refractivity contribution >= 4 is 38.3 Å². The maximum absolute atomic E-state index is 12.0. The van der Waals surface area contributed by atoms with Crippen LogP contribution in [0.2, 0.25) is 0 Å². The van der Waals surface area contributed by atoms with Crippen LogP contribution in [0.3, 0.4) is 0 Å². The molecule has 0 radical (unpaired) electrons. The third-order valence-electron chi connectivity index (χ3n) is 2.78. The standard InChI is InChI=1S/C12H10BrN3OS/c13-8-4-7(5-14-6-8)11(17)16-12-15-9-2-1-3-10(9)18-12/h4-6H,1-3H2,(H,15,16,17). The van der Waals surface area contributed by atoms with E-state index in [0.717, 1.165) is 23.0 Å². The Kier molecular flexibility index (Phi) is 3.13. The van der Waals surface area contributed by atoms with E-state index in [4.69, 9.17) is 0 Å². The van der Waals surface area contributed by atoms with Crippen LogP contribution in [0.5, 0.6) is 0 Å². The van der Waals surface area contributed by atoms with Crippen LogP contribution in [0.25, 0.3) is 0 Å². The van der Waals surface area contributed by atoms with E-state index in [-0.39, 0.29) is 5.91 Å². The predicted molar refractivity (Wildman–Crippen MR) is 74.0 cm³/mol. The van der Waals surface area contributed by atoms with E-state index >= 15 is 0 Å². The average molecular weight is 324 g/mol. The lowest BCUT2D eigenvalue weighted by Gasteiger charge is -2.01.